The van der Waals surface area contributed by atoms with E-state index in [2.05, 4.69) is 15.0 Å². The average molecular weight is 486 g/mol. The summed E-state index contributed by atoms with van der Waals surface area (Å²) in [6.07, 6.45) is -2.35. The van der Waals surface area contributed by atoms with Crippen molar-refractivity contribution in [1.29, 1.82) is 0 Å². The van der Waals surface area contributed by atoms with Crippen LogP contribution in [-0.4, -0.2) is 61.3 Å². The molecule has 0 spiro atoms. The molecule has 6 atom stereocenters. The standard InChI is InChI=1S/C18H18ClFN5O6P/c19-8-1-2-9(10(20)3-8)11-4-28-32(31-11)29-5-12-14(26)15(27)18(30-12)25-7-24-13-16(21)22-6-23-17(13)25/h1-3,6-7,11-12,14-15,18,26-27H,4-5H2,(H2,21,22,23)/t11-,12+,14+,15+,18+,32?/m0/s1. The number of anilines is 1. The molecule has 5 rings (SSSR count). The molecule has 0 amide bonds. The van der Waals surface area contributed by atoms with E-state index in [0.29, 0.717) is 16.7 Å². The summed E-state index contributed by atoms with van der Waals surface area (Å²) in [6.45, 7) is -0.0221. The number of benzene rings is 1. The SMILES string of the molecule is Nc1ncnc2c1ncn2[C@@H]1O[C@H](COP2OC[C@@H](c3ccc(Cl)cc3F)O2)[C@@H](O)[C@H]1O. The summed E-state index contributed by atoms with van der Waals surface area (Å²) < 4.78 is 38.1. The quantitative estimate of drug-likeness (QED) is 0.457. The van der Waals surface area contributed by atoms with E-state index in [1.165, 1.54) is 29.4 Å². The highest BCUT2D eigenvalue weighted by Crippen LogP contribution is 2.52. The summed E-state index contributed by atoms with van der Waals surface area (Å²) in [5.41, 5.74) is 6.81. The normalized spacial score (nSPS) is 30.4. The molecule has 0 radical (unpaired) electrons. The Bertz CT molecular complexity index is 1140. The number of halogens is 2. The van der Waals surface area contributed by atoms with Gasteiger partial charge in [0.15, 0.2) is 17.7 Å². The Kier molecular flexibility index (Phi) is 5.95. The predicted octanol–water partition coefficient (Wildman–Crippen LogP) is 1.85. The van der Waals surface area contributed by atoms with Crippen molar-refractivity contribution in [3.05, 3.63) is 47.3 Å². The zero-order valence-electron chi connectivity index (χ0n) is 16.3. The summed E-state index contributed by atoms with van der Waals surface area (Å²) in [7, 11) is -1.80. The summed E-state index contributed by atoms with van der Waals surface area (Å²) in [5.74, 6) is -0.313. The van der Waals surface area contributed by atoms with Crippen molar-refractivity contribution in [2.75, 3.05) is 18.9 Å². The Hall–Kier alpha value is -2.02. The number of hydrogen-bond acceptors (Lipinski definition) is 10. The molecule has 170 valence electrons. The molecule has 32 heavy (non-hydrogen) atoms. The van der Waals surface area contributed by atoms with E-state index < -0.39 is 45.1 Å². The fraction of sp³-hybridized carbons (Fsp3) is 0.389. The summed E-state index contributed by atoms with van der Waals surface area (Å²) in [6, 6.07) is 4.29. The van der Waals surface area contributed by atoms with Gasteiger partial charge >= 0.3 is 8.60 Å². The van der Waals surface area contributed by atoms with Gasteiger partial charge in [0.05, 0.1) is 19.5 Å². The van der Waals surface area contributed by atoms with Gasteiger partial charge in [-0.15, -0.1) is 0 Å². The molecule has 2 aliphatic heterocycles. The maximum absolute atomic E-state index is 14.1. The van der Waals surface area contributed by atoms with Gasteiger partial charge in [-0.2, -0.15) is 0 Å². The lowest BCUT2D eigenvalue weighted by molar-refractivity contribution is -0.0487. The van der Waals surface area contributed by atoms with Gasteiger partial charge in [0.1, 0.15) is 42.1 Å². The molecule has 0 saturated carbocycles. The Labute approximate surface area is 186 Å². The third kappa shape index (κ3) is 3.93. The van der Waals surface area contributed by atoms with Crippen LogP contribution in [0.1, 0.15) is 17.9 Å². The van der Waals surface area contributed by atoms with E-state index in [1.54, 1.807) is 6.07 Å². The average Bonchev–Trinajstić information content (AvgIpc) is 3.47. The molecule has 1 unspecified atom stereocenters. The minimum absolute atomic E-state index is 0.103. The zero-order valence-corrected chi connectivity index (χ0v) is 17.9. The highest BCUT2D eigenvalue weighted by atomic mass is 35.5. The van der Waals surface area contributed by atoms with Crippen LogP contribution in [0.5, 0.6) is 0 Å². The van der Waals surface area contributed by atoms with Gasteiger partial charge in [-0.3, -0.25) is 4.57 Å². The molecule has 2 aliphatic rings. The number of imidazole rings is 1. The van der Waals surface area contributed by atoms with Crippen molar-refractivity contribution in [3.63, 3.8) is 0 Å². The first-order valence-electron chi connectivity index (χ1n) is 9.54. The molecule has 2 fully saturated rings. The van der Waals surface area contributed by atoms with E-state index in [1.807, 2.05) is 0 Å². The second-order valence-electron chi connectivity index (χ2n) is 7.20. The molecule has 3 aromatic rings. The van der Waals surface area contributed by atoms with Gasteiger partial charge in [-0.05, 0) is 12.1 Å². The molecule has 0 aliphatic carbocycles. The first-order valence-corrected chi connectivity index (χ1v) is 11.0. The molecule has 4 heterocycles. The number of aliphatic hydroxyl groups is 2. The number of rotatable bonds is 5. The smallest absolute Gasteiger partial charge is 0.333 e. The number of nitrogens with zero attached hydrogens (tertiary/aromatic N) is 4. The first kappa shape index (κ1) is 21.8. The molecule has 11 nitrogen and oxygen atoms in total. The van der Waals surface area contributed by atoms with Crippen molar-refractivity contribution >= 4 is 37.2 Å². The number of nitrogens with two attached hydrogens (primary N) is 1. The lowest BCUT2D eigenvalue weighted by Crippen LogP contribution is -2.33. The van der Waals surface area contributed by atoms with E-state index in [0.717, 1.165) is 0 Å². The van der Waals surface area contributed by atoms with Crippen LogP contribution in [-0.2, 0) is 18.3 Å². The van der Waals surface area contributed by atoms with E-state index in [4.69, 9.17) is 35.6 Å². The second-order valence-corrected chi connectivity index (χ2v) is 8.82. The van der Waals surface area contributed by atoms with Crippen molar-refractivity contribution < 1.29 is 32.9 Å². The van der Waals surface area contributed by atoms with Crippen LogP contribution in [0, 0.1) is 5.82 Å². The number of ether oxygens (including phenoxy) is 1. The lowest BCUT2D eigenvalue weighted by Gasteiger charge is -2.17. The highest BCUT2D eigenvalue weighted by molar-refractivity contribution is 7.41. The minimum Gasteiger partial charge on any atom is -0.387 e. The first-order chi connectivity index (χ1) is 15.4. The van der Waals surface area contributed by atoms with Gasteiger partial charge in [0, 0.05) is 10.6 Å². The van der Waals surface area contributed by atoms with Crippen molar-refractivity contribution in [2.24, 2.45) is 0 Å². The third-order valence-corrected chi connectivity index (χ3v) is 6.58. The van der Waals surface area contributed by atoms with Crippen LogP contribution in [0.2, 0.25) is 5.02 Å². The van der Waals surface area contributed by atoms with Crippen molar-refractivity contribution in [1.82, 2.24) is 19.5 Å². The fourth-order valence-corrected chi connectivity index (χ4v) is 4.82. The van der Waals surface area contributed by atoms with E-state index in [9.17, 15) is 14.6 Å². The van der Waals surface area contributed by atoms with Crippen LogP contribution in [0.4, 0.5) is 10.2 Å². The van der Waals surface area contributed by atoms with Crippen LogP contribution in [0.3, 0.4) is 0 Å². The summed E-state index contributed by atoms with van der Waals surface area (Å²) in [4.78, 5) is 12.1. The highest BCUT2D eigenvalue weighted by Gasteiger charge is 2.45. The largest absolute Gasteiger partial charge is 0.387 e. The maximum atomic E-state index is 14.1. The zero-order chi connectivity index (χ0) is 22.4. The van der Waals surface area contributed by atoms with Gasteiger partial charge in [0.2, 0.25) is 0 Å². The van der Waals surface area contributed by atoms with E-state index >= 15 is 0 Å². The Balaban J connectivity index is 1.22. The third-order valence-electron chi connectivity index (χ3n) is 5.20. The monoisotopic (exact) mass is 485 g/mol. The van der Waals surface area contributed by atoms with Gasteiger partial charge < -0.3 is 34.3 Å². The molecule has 14 heteroatoms. The maximum Gasteiger partial charge on any atom is 0.333 e. The topological polar surface area (TPSA) is 147 Å². The van der Waals surface area contributed by atoms with Crippen LogP contribution in [0.15, 0.2) is 30.9 Å². The number of hydrogen-bond donors (Lipinski definition) is 3. The molecule has 4 N–H and O–H groups in total. The number of aliphatic hydroxyl groups excluding tert-OH is 2. The van der Waals surface area contributed by atoms with Crippen LogP contribution < -0.4 is 5.73 Å². The second kappa shape index (κ2) is 8.73. The van der Waals surface area contributed by atoms with Gasteiger partial charge in [-0.25, -0.2) is 19.3 Å². The van der Waals surface area contributed by atoms with Crippen molar-refractivity contribution in [3.8, 4) is 0 Å². The number of aromatic nitrogens is 4. The van der Waals surface area contributed by atoms with Crippen molar-refractivity contribution in [2.45, 2.75) is 30.6 Å². The number of fused-ring (bicyclic) bond motifs is 1. The van der Waals surface area contributed by atoms with Crippen LogP contribution in [0.25, 0.3) is 11.2 Å². The Morgan fingerprint density at radius 1 is 1.28 bits per heavy atom. The molecular weight excluding hydrogens is 468 g/mol. The molecule has 0 bridgehead atoms. The molecule has 1 aromatic carbocycles. The molecule has 2 aromatic heterocycles. The molecule has 2 saturated heterocycles. The lowest BCUT2D eigenvalue weighted by atomic mass is 10.1. The molecular formula is C18H18ClFN5O6P. The fourth-order valence-electron chi connectivity index (χ4n) is 3.56. The predicted molar refractivity (Wildman–Crippen MR) is 110 cm³/mol. The van der Waals surface area contributed by atoms with Gasteiger partial charge in [0.25, 0.3) is 0 Å². The number of nitrogen functional groups attached to an aromatic ring is 1. The summed E-state index contributed by atoms with van der Waals surface area (Å²) in [5, 5.41) is 21.2. The Morgan fingerprint density at radius 2 is 2.12 bits per heavy atom. The van der Waals surface area contributed by atoms with E-state index in [-0.39, 0.29) is 24.1 Å². The Morgan fingerprint density at radius 3 is 2.94 bits per heavy atom. The minimum atomic E-state index is -1.80. The summed E-state index contributed by atoms with van der Waals surface area (Å²) >= 11 is 5.78. The van der Waals surface area contributed by atoms with Crippen LogP contribution >= 0.6 is 20.2 Å². The van der Waals surface area contributed by atoms with Gasteiger partial charge in [-0.1, -0.05) is 17.7 Å².